The Kier molecular flexibility index (Phi) is 4.20. The summed E-state index contributed by atoms with van der Waals surface area (Å²) in [6, 6.07) is 10.6. The molecule has 0 heterocycles. The van der Waals surface area contributed by atoms with Crippen molar-refractivity contribution in [3.63, 3.8) is 0 Å². The van der Waals surface area contributed by atoms with Crippen LogP contribution in [0.25, 0.3) is 0 Å². The van der Waals surface area contributed by atoms with E-state index < -0.39 is 0 Å². The van der Waals surface area contributed by atoms with Gasteiger partial charge in [0.15, 0.2) is 0 Å². The van der Waals surface area contributed by atoms with Gasteiger partial charge in [0.25, 0.3) is 0 Å². The van der Waals surface area contributed by atoms with Crippen LogP contribution in [0.15, 0.2) is 45.3 Å². The highest BCUT2D eigenvalue weighted by molar-refractivity contribution is 9.11. The first kappa shape index (κ1) is 13.7. The number of aryl methyl sites for hydroxylation is 1. The van der Waals surface area contributed by atoms with E-state index in [0.717, 1.165) is 20.1 Å². The van der Waals surface area contributed by atoms with E-state index in [-0.39, 0.29) is 11.9 Å². The minimum atomic E-state index is -0.266. The van der Waals surface area contributed by atoms with Crippen LogP contribution in [0.4, 0.5) is 4.39 Å². The van der Waals surface area contributed by atoms with E-state index in [1.165, 1.54) is 6.07 Å². The number of benzene rings is 2. The van der Waals surface area contributed by atoms with Crippen LogP contribution in [0.2, 0.25) is 0 Å². The predicted molar refractivity (Wildman–Crippen MR) is 79.0 cm³/mol. The van der Waals surface area contributed by atoms with Gasteiger partial charge in [0.2, 0.25) is 0 Å². The molecule has 0 aliphatic heterocycles. The van der Waals surface area contributed by atoms with Gasteiger partial charge in [-0.05, 0) is 47.9 Å². The van der Waals surface area contributed by atoms with Crippen molar-refractivity contribution in [3.05, 3.63) is 67.9 Å². The summed E-state index contributed by atoms with van der Waals surface area (Å²) < 4.78 is 15.2. The first-order chi connectivity index (χ1) is 8.47. The number of rotatable bonds is 2. The van der Waals surface area contributed by atoms with Gasteiger partial charge in [0.1, 0.15) is 5.82 Å². The maximum atomic E-state index is 13.2. The molecule has 1 nitrogen and oxygen atoms in total. The zero-order chi connectivity index (χ0) is 13.3. The van der Waals surface area contributed by atoms with Gasteiger partial charge in [0, 0.05) is 8.95 Å². The molecular weight excluding hydrogens is 361 g/mol. The Morgan fingerprint density at radius 3 is 2.17 bits per heavy atom. The number of nitrogens with two attached hydrogens (primary N) is 1. The highest BCUT2D eigenvalue weighted by Crippen LogP contribution is 2.27. The molecule has 0 amide bonds. The topological polar surface area (TPSA) is 26.0 Å². The van der Waals surface area contributed by atoms with E-state index in [4.69, 9.17) is 5.73 Å². The van der Waals surface area contributed by atoms with Crippen molar-refractivity contribution in [3.8, 4) is 0 Å². The highest BCUT2D eigenvalue weighted by Gasteiger charge is 2.11. The Morgan fingerprint density at radius 2 is 1.61 bits per heavy atom. The Bertz CT molecular complexity index is 564. The van der Waals surface area contributed by atoms with E-state index in [1.807, 2.05) is 18.2 Å². The molecule has 2 aromatic rings. The molecule has 0 aliphatic rings. The maximum absolute atomic E-state index is 13.2. The summed E-state index contributed by atoms with van der Waals surface area (Å²) in [5, 5.41) is 0. The van der Waals surface area contributed by atoms with Gasteiger partial charge in [-0.15, -0.1) is 0 Å². The van der Waals surface area contributed by atoms with Crippen LogP contribution in [0.3, 0.4) is 0 Å². The number of hydrogen-bond acceptors (Lipinski definition) is 1. The van der Waals surface area contributed by atoms with Crippen molar-refractivity contribution < 1.29 is 4.39 Å². The summed E-state index contributed by atoms with van der Waals surface area (Å²) in [6.45, 7) is 1.74. The number of halogens is 3. The molecule has 2 aromatic carbocycles. The van der Waals surface area contributed by atoms with Crippen molar-refractivity contribution >= 4 is 31.9 Å². The molecule has 0 spiro atoms. The fourth-order valence-electron chi connectivity index (χ4n) is 1.81. The van der Waals surface area contributed by atoms with Crippen molar-refractivity contribution in [1.82, 2.24) is 0 Å². The zero-order valence-electron chi connectivity index (χ0n) is 9.75. The fraction of sp³-hybridized carbons (Fsp3) is 0.143. The van der Waals surface area contributed by atoms with Gasteiger partial charge >= 0.3 is 0 Å². The summed E-state index contributed by atoms with van der Waals surface area (Å²) in [5.41, 5.74) is 8.69. The van der Waals surface area contributed by atoms with Gasteiger partial charge in [-0.1, -0.05) is 44.0 Å². The molecule has 0 aliphatic carbocycles. The molecule has 0 saturated carbocycles. The minimum Gasteiger partial charge on any atom is -0.320 e. The molecule has 2 N–H and O–H groups in total. The van der Waals surface area contributed by atoms with Crippen LogP contribution < -0.4 is 5.73 Å². The Balaban J connectivity index is 2.40. The molecule has 1 unspecified atom stereocenters. The predicted octanol–water partition coefficient (Wildman–Crippen LogP) is 4.71. The normalized spacial score (nSPS) is 12.5. The van der Waals surface area contributed by atoms with Crippen molar-refractivity contribution in [2.45, 2.75) is 13.0 Å². The Labute approximate surface area is 122 Å². The maximum Gasteiger partial charge on any atom is 0.126 e. The standard InChI is InChI=1S/C14H12Br2FN/c1-8-4-9(2-3-13(8)17)14(18)10-5-11(15)7-12(16)6-10/h2-7,14H,18H2,1H3. The lowest BCUT2D eigenvalue weighted by atomic mass is 9.98. The molecule has 4 heteroatoms. The third kappa shape index (κ3) is 2.99. The van der Waals surface area contributed by atoms with E-state index in [0.29, 0.717) is 5.56 Å². The van der Waals surface area contributed by atoms with Gasteiger partial charge in [0.05, 0.1) is 6.04 Å². The summed E-state index contributed by atoms with van der Waals surface area (Å²) in [5.74, 6) is -0.207. The van der Waals surface area contributed by atoms with Gasteiger partial charge in [-0.2, -0.15) is 0 Å². The largest absolute Gasteiger partial charge is 0.320 e. The molecule has 0 radical (unpaired) electrons. The molecule has 0 saturated heterocycles. The molecule has 1 atom stereocenters. The Hall–Kier alpha value is -0.710. The average molecular weight is 373 g/mol. The summed E-state index contributed by atoms with van der Waals surface area (Å²) in [7, 11) is 0. The van der Waals surface area contributed by atoms with Crippen LogP contribution in [0, 0.1) is 12.7 Å². The van der Waals surface area contributed by atoms with Gasteiger partial charge < -0.3 is 5.73 Å². The summed E-state index contributed by atoms with van der Waals surface area (Å²) >= 11 is 6.87. The molecule has 0 bridgehead atoms. The zero-order valence-corrected chi connectivity index (χ0v) is 12.9. The monoisotopic (exact) mass is 371 g/mol. The lowest BCUT2D eigenvalue weighted by molar-refractivity contribution is 0.617. The summed E-state index contributed by atoms with van der Waals surface area (Å²) in [6.07, 6.45) is 0. The first-order valence-electron chi connectivity index (χ1n) is 5.45. The van der Waals surface area contributed by atoms with Crippen LogP contribution in [0.1, 0.15) is 22.7 Å². The highest BCUT2D eigenvalue weighted by atomic mass is 79.9. The van der Waals surface area contributed by atoms with E-state index in [2.05, 4.69) is 31.9 Å². The fourth-order valence-corrected chi connectivity index (χ4v) is 3.14. The SMILES string of the molecule is Cc1cc(C(N)c2cc(Br)cc(Br)c2)ccc1F. The van der Waals surface area contributed by atoms with Crippen LogP contribution >= 0.6 is 31.9 Å². The van der Waals surface area contributed by atoms with E-state index in [1.54, 1.807) is 19.1 Å². The lowest BCUT2D eigenvalue weighted by Gasteiger charge is -2.14. The van der Waals surface area contributed by atoms with Crippen LogP contribution in [0.5, 0.6) is 0 Å². The quantitative estimate of drug-likeness (QED) is 0.811. The van der Waals surface area contributed by atoms with Crippen molar-refractivity contribution in [2.75, 3.05) is 0 Å². The average Bonchev–Trinajstić information content (AvgIpc) is 2.30. The first-order valence-corrected chi connectivity index (χ1v) is 7.03. The van der Waals surface area contributed by atoms with Crippen molar-refractivity contribution in [1.29, 1.82) is 0 Å². The number of hydrogen-bond donors (Lipinski definition) is 1. The Morgan fingerprint density at radius 1 is 1.00 bits per heavy atom. The van der Waals surface area contributed by atoms with Crippen LogP contribution in [-0.2, 0) is 0 Å². The van der Waals surface area contributed by atoms with Gasteiger partial charge in [-0.3, -0.25) is 0 Å². The van der Waals surface area contributed by atoms with Crippen molar-refractivity contribution in [2.24, 2.45) is 5.73 Å². The molecular formula is C14H12Br2FN. The molecule has 0 aromatic heterocycles. The van der Waals surface area contributed by atoms with E-state index in [9.17, 15) is 4.39 Å². The third-order valence-electron chi connectivity index (χ3n) is 2.79. The third-order valence-corrected chi connectivity index (χ3v) is 3.70. The van der Waals surface area contributed by atoms with Crippen LogP contribution in [-0.4, -0.2) is 0 Å². The van der Waals surface area contributed by atoms with Gasteiger partial charge in [-0.25, -0.2) is 4.39 Å². The smallest absolute Gasteiger partial charge is 0.126 e. The second-order valence-corrected chi connectivity index (χ2v) is 6.02. The van der Waals surface area contributed by atoms with E-state index >= 15 is 0 Å². The summed E-state index contributed by atoms with van der Waals surface area (Å²) in [4.78, 5) is 0. The molecule has 0 fully saturated rings. The second kappa shape index (κ2) is 5.51. The molecule has 2 rings (SSSR count). The second-order valence-electron chi connectivity index (χ2n) is 4.19. The molecule has 18 heavy (non-hydrogen) atoms. The lowest BCUT2D eigenvalue weighted by Crippen LogP contribution is -2.12. The minimum absolute atomic E-state index is 0.207. The molecule has 94 valence electrons.